The van der Waals surface area contributed by atoms with Crippen molar-refractivity contribution in [1.29, 1.82) is 0 Å². The van der Waals surface area contributed by atoms with Crippen molar-refractivity contribution in [1.82, 2.24) is 10.2 Å². The first-order valence-electron chi connectivity index (χ1n) is 6.55. The molecule has 1 N–H and O–H groups in total. The van der Waals surface area contributed by atoms with Gasteiger partial charge in [0.05, 0.1) is 6.61 Å². The zero-order valence-corrected chi connectivity index (χ0v) is 10.9. The van der Waals surface area contributed by atoms with E-state index in [1.165, 1.54) is 18.9 Å². The van der Waals surface area contributed by atoms with Gasteiger partial charge in [-0.3, -0.25) is 4.90 Å². The predicted molar refractivity (Wildman–Crippen MR) is 68.9 cm³/mol. The van der Waals surface area contributed by atoms with Crippen LogP contribution in [-0.4, -0.2) is 49.7 Å². The first-order valence-corrected chi connectivity index (χ1v) is 6.55. The van der Waals surface area contributed by atoms with Crippen molar-refractivity contribution >= 4 is 5.97 Å². The molecule has 0 spiro atoms. The normalized spacial score (nSPS) is 20.3. The molecule has 1 atom stereocenters. The molecule has 0 amide bonds. The van der Waals surface area contributed by atoms with Gasteiger partial charge in [0.1, 0.15) is 0 Å². The molecule has 4 nitrogen and oxygen atoms in total. The van der Waals surface area contributed by atoms with E-state index in [-0.39, 0.29) is 5.97 Å². The molecule has 17 heavy (non-hydrogen) atoms. The molecule has 0 bridgehead atoms. The van der Waals surface area contributed by atoms with E-state index < -0.39 is 0 Å². The lowest BCUT2D eigenvalue weighted by molar-refractivity contribution is -0.137. The highest BCUT2D eigenvalue weighted by molar-refractivity contribution is 5.81. The molecule has 0 aromatic heterocycles. The number of nitrogens with zero attached hydrogens (tertiary/aromatic N) is 1. The molecule has 4 heteroatoms. The SMILES string of the molecule is CCOC(=O)/C=C/CN(CC)CC1CCCN1. The molecule has 98 valence electrons. The van der Waals surface area contributed by atoms with Crippen molar-refractivity contribution in [2.24, 2.45) is 0 Å². The highest BCUT2D eigenvalue weighted by Gasteiger charge is 2.16. The highest BCUT2D eigenvalue weighted by atomic mass is 16.5. The Morgan fingerprint density at radius 1 is 1.53 bits per heavy atom. The molecule has 0 saturated carbocycles. The van der Waals surface area contributed by atoms with Gasteiger partial charge in [-0.15, -0.1) is 0 Å². The van der Waals surface area contributed by atoms with Crippen molar-refractivity contribution in [3.63, 3.8) is 0 Å². The Morgan fingerprint density at radius 2 is 2.35 bits per heavy atom. The Balaban J connectivity index is 2.23. The topological polar surface area (TPSA) is 41.6 Å². The van der Waals surface area contributed by atoms with Crippen LogP contribution in [0.5, 0.6) is 0 Å². The van der Waals surface area contributed by atoms with Crippen LogP contribution in [0.1, 0.15) is 26.7 Å². The van der Waals surface area contributed by atoms with Crippen LogP contribution in [0.4, 0.5) is 0 Å². The van der Waals surface area contributed by atoms with Crippen LogP contribution in [0.3, 0.4) is 0 Å². The lowest BCUT2D eigenvalue weighted by atomic mass is 10.2. The number of hydrogen-bond acceptors (Lipinski definition) is 4. The summed E-state index contributed by atoms with van der Waals surface area (Å²) >= 11 is 0. The summed E-state index contributed by atoms with van der Waals surface area (Å²) in [7, 11) is 0. The maximum atomic E-state index is 11.1. The first-order chi connectivity index (χ1) is 8.26. The minimum absolute atomic E-state index is 0.248. The van der Waals surface area contributed by atoms with E-state index in [0.29, 0.717) is 12.6 Å². The highest BCUT2D eigenvalue weighted by Crippen LogP contribution is 2.06. The molecule has 1 rings (SSSR count). The van der Waals surface area contributed by atoms with Gasteiger partial charge >= 0.3 is 5.97 Å². The molecule has 1 aliphatic heterocycles. The van der Waals surface area contributed by atoms with Crippen molar-refractivity contribution in [3.8, 4) is 0 Å². The number of carbonyl (C=O) groups excluding carboxylic acids is 1. The Hall–Kier alpha value is -0.870. The molecule has 0 radical (unpaired) electrons. The van der Waals surface area contributed by atoms with Crippen LogP contribution in [0.15, 0.2) is 12.2 Å². The van der Waals surface area contributed by atoms with Crippen molar-refractivity contribution < 1.29 is 9.53 Å². The third kappa shape index (κ3) is 5.84. The van der Waals surface area contributed by atoms with Gasteiger partial charge in [-0.1, -0.05) is 13.0 Å². The Kier molecular flexibility index (Phi) is 6.89. The van der Waals surface area contributed by atoms with E-state index in [0.717, 1.165) is 26.2 Å². The second kappa shape index (κ2) is 8.25. The number of rotatable bonds is 7. The fraction of sp³-hybridized carbons (Fsp3) is 0.769. The molecular formula is C13H24N2O2. The van der Waals surface area contributed by atoms with Gasteiger partial charge < -0.3 is 10.1 Å². The number of ether oxygens (including phenoxy) is 1. The predicted octanol–water partition coefficient (Wildman–Crippen LogP) is 1.18. The summed E-state index contributed by atoms with van der Waals surface area (Å²) in [5, 5.41) is 3.48. The zero-order chi connectivity index (χ0) is 12.5. The van der Waals surface area contributed by atoms with Crippen molar-refractivity contribution in [2.75, 3.05) is 32.8 Å². The number of carbonyl (C=O) groups is 1. The summed E-state index contributed by atoms with van der Waals surface area (Å²) in [5.74, 6) is -0.248. The standard InChI is InChI=1S/C13H24N2O2/c1-3-15(11-12-7-5-9-14-12)10-6-8-13(16)17-4-2/h6,8,12,14H,3-5,7,9-11H2,1-2H3/b8-6+. The van der Waals surface area contributed by atoms with Gasteiger partial charge in [-0.05, 0) is 32.9 Å². The van der Waals surface area contributed by atoms with Gasteiger partial charge in [-0.25, -0.2) is 4.79 Å². The molecule has 1 aliphatic rings. The van der Waals surface area contributed by atoms with Gasteiger partial charge in [0.25, 0.3) is 0 Å². The molecule has 1 fully saturated rings. The summed E-state index contributed by atoms with van der Waals surface area (Å²) in [6, 6.07) is 0.617. The van der Waals surface area contributed by atoms with Gasteiger partial charge in [0, 0.05) is 25.2 Å². The summed E-state index contributed by atoms with van der Waals surface area (Å²) in [6.45, 7) is 8.42. The minimum Gasteiger partial charge on any atom is -0.463 e. The van der Waals surface area contributed by atoms with Crippen molar-refractivity contribution in [2.45, 2.75) is 32.7 Å². The molecule has 1 unspecified atom stereocenters. The van der Waals surface area contributed by atoms with Crippen LogP contribution in [-0.2, 0) is 9.53 Å². The Morgan fingerprint density at radius 3 is 2.94 bits per heavy atom. The van der Waals surface area contributed by atoms with Crippen LogP contribution < -0.4 is 5.32 Å². The minimum atomic E-state index is -0.248. The van der Waals surface area contributed by atoms with Gasteiger partial charge in [0.15, 0.2) is 0 Å². The number of nitrogens with one attached hydrogen (secondary N) is 1. The van der Waals surface area contributed by atoms with Crippen LogP contribution in [0.2, 0.25) is 0 Å². The number of esters is 1. The molecule has 1 saturated heterocycles. The van der Waals surface area contributed by atoms with E-state index in [9.17, 15) is 4.79 Å². The monoisotopic (exact) mass is 240 g/mol. The smallest absolute Gasteiger partial charge is 0.330 e. The average molecular weight is 240 g/mol. The lowest BCUT2D eigenvalue weighted by Gasteiger charge is -2.22. The molecule has 0 aromatic carbocycles. The third-order valence-electron chi connectivity index (χ3n) is 2.99. The van der Waals surface area contributed by atoms with Crippen molar-refractivity contribution in [3.05, 3.63) is 12.2 Å². The van der Waals surface area contributed by atoms with Gasteiger partial charge in [-0.2, -0.15) is 0 Å². The molecule has 0 aliphatic carbocycles. The Bertz CT molecular complexity index is 248. The van der Waals surface area contributed by atoms with E-state index >= 15 is 0 Å². The maximum Gasteiger partial charge on any atom is 0.330 e. The second-order valence-corrected chi connectivity index (χ2v) is 4.30. The molecule has 0 aromatic rings. The lowest BCUT2D eigenvalue weighted by Crippen LogP contribution is -2.37. The third-order valence-corrected chi connectivity index (χ3v) is 2.99. The van der Waals surface area contributed by atoms with E-state index in [2.05, 4.69) is 17.1 Å². The average Bonchev–Trinajstić information content (AvgIpc) is 2.81. The fourth-order valence-corrected chi connectivity index (χ4v) is 2.05. The summed E-state index contributed by atoms with van der Waals surface area (Å²) in [6.07, 6.45) is 5.95. The molecule has 1 heterocycles. The fourth-order valence-electron chi connectivity index (χ4n) is 2.05. The molecular weight excluding hydrogens is 216 g/mol. The summed E-state index contributed by atoms with van der Waals surface area (Å²) in [4.78, 5) is 13.4. The van der Waals surface area contributed by atoms with E-state index in [1.807, 2.05) is 13.0 Å². The van der Waals surface area contributed by atoms with E-state index in [1.54, 1.807) is 0 Å². The van der Waals surface area contributed by atoms with E-state index in [4.69, 9.17) is 4.74 Å². The quantitative estimate of drug-likeness (QED) is 0.536. The van der Waals surface area contributed by atoms with Crippen LogP contribution >= 0.6 is 0 Å². The maximum absolute atomic E-state index is 11.1. The summed E-state index contributed by atoms with van der Waals surface area (Å²) in [5.41, 5.74) is 0. The number of likely N-dealkylation sites (N-methyl/N-ethyl adjacent to an activating group) is 1. The van der Waals surface area contributed by atoms with Crippen LogP contribution in [0, 0.1) is 0 Å². The first kappa shape index (κ1) is 14.2. The van der Waals surface area contributed by atoms with Gasteiger partial charge in [0.2, 0.25) is 0 Å². The summed E-state index contributed by atoms with van der Waals surface area (Å²) < 4.78 is 4.83. The number of hydrogen-bond donors (Lipinski definition) is 1. The largest absolute Gasteiger partial charge is 0.463 e. The van der Waals surface area contributed by atoms with Crippen LogP contribution in [0.25, 0.3) is 0 Å². The zero-order valence-electron chi connectivity index (χ0n) is 10.9. The second-order valence-electron chi connectivity index (χ2n) is 4.30. The Labute approximate surface area is 104 Å².